The highest BCUT2D eigenvalue weighted by Crippen LogP contribution is 2.38. The zero-order chi connectivity index (χ0) is 21.0. The summed E-state index contributed by atoms with van der Waals surface area (Å²) in [4.78, 5) is 25.7. The first-order valence-corrected chi connectivity index (χ1v) is 10.8. The Morgan fingerprint density at radius 3 is 2.66 bits per heavy atom. The number of carboxylic acids is 1. The van der Waals surface area contributed by atoms with Gasteiger partial charge in [-0.1, -0.05) is 42.2 Å². The Balaban J connectivity index is 1.92. The van der Waals surface area contributed by atoms with E-state index in [1.54, 1.807) is 18.2 Å². The number of carbonyl (C=O) groups is 2. The lowest BCUT2D eigenvalue weighted by molar-refractivity contribution is -0.139. The second kappa shape index (κ2) is 9.59. The van der Waals surface area contributed by atoms with E-state index in [2.05, 4.69) is 22.6 Å². The lowest BCUT2D eigenvalue weighted by atomic mass is 10.1. The average molecular weight is 541 g/mol. The number of hydrogen-bond donors (Lipinski definition) is 1. The van der Waals surface area contributed by atoms with Crippen molar-refractivity contribution in [2.24, 2.45) is 0 Å². The van der Waals surface area contributed by atoms with Crippen LogP contribution < -0.4 is 14.4 Å². The number of hydrogen-bond acceptors (Lipinski definition) is 6. The number of carbonyl (C=O) groups excluding carboxylic acids is 1. The number of thioether (sulfide) groups is 1. The number of benzene rings is 2. The molecule has 0 bridgehead atoms. The number of para-hydroxylation sites is 1. The Labute approximate surface area is 191 Å². The molecule has 6 nitrogen and oxygen atoms in total. The number of rotatable bonds is 7. The van der Waals surface area contributed by atoms with E-state index in [0.29, 0.717) is 30.9 Å². The molecular formula is C20H16INO5S2. The van der Waals surface area contributed by atoms with Crippen molar-refractivity contribution in [2.75, 3.05) is 18.1 Å². The standard InChI is InChI=1S/C20H16INO5S2/c1-2-26-15-9-12(8-14(21)18(15)27-11-17(23)24)10-16-19(25)22(20(28)29-16)13-6-4-3-5-7-13/h3-10H,2,11H2,1H3,(H,23,24)/b16-10+. The summed E-state index contributed by atoms with van der Waals surface area (Å²) in [5.74, 6) is -0.475. The molecule has 0 atom stereocenters. The normalized spacial score (nSPS) is 15.1. The molecule has 2 aromatic rings. The van der Waals surface area contributed by atoms with Crippen LogP contribution >= 0.6 is 46.6 Å². The quantitative estimate of drug-likeness (QED) is 0.313. The molecule has 2 aromatic carbocycles. The Hall–Kier alpha value is -2.11. The third-order valence-electron chi connectivity index (χ3n) is 3.78. The van der Waals surface area contributed by atoms with Crippen LogP contribution in [-0.4, -0.2) is 34.5 Å². The largest absolute Gasteiger partial charge is 0.490 e. The molecule has 9 heteroatoms. The van der Waals surface area contributed by atoms with Gasteiger partial charge in [-0.2, -0.15) is 0 Å². The molecule has 1 fully saturated rings. The molecule has 1 aliphatic heterocycles. The molecule has 0 aliphatic carbocycles. The van der Waals surface area contributed by atoms with Crippen LogP contribution in [0.25, 0.3) is 6.08 Å². The lowest BCUT2D eigenvalue weighted by Crippen LogP contribution is -2.27. The first-order valence-electron chi connectivity index (χ1n) is 8.54. The maximum absolute atomic E-state index is 12.9. The zero-order valence-corrected chi connectivity index (χ0v) is 19.0. The summed E-state index contributed by atoms with van der Waals surface area (Å²) in [7, 11) is 0. The van der Waals surface area contributed by atoms with Crippen LogP contribution in [0.1, 0.15) is 12.5 Å². The minimum atomic E-state index is -1.07. The predicted molar refractivity (Wildman–Crippen MR) is 126 cm³/mol. The highest BCUT2D eigenvalue weighted by Gasteiger charge is 2.33. The first-order chi connectivity index (χ1) is 13.9. The van der Waals surface area contributed by atoms with Crippen molar-refractivity contribution in [1.29, 1.82) is 0 Å². The Morgan fingerprint density at radius 1 is 1.28 bits per heavy atom. The Morgan fingerprint density at radius 2 is 2.00 bits per heavy atom. The number of ether oxygens (including phenoxy) is 2. The molecule has 0 aromatic heterocycles. The van der Waals surface area contributed by atoms with Gasteiger partial charge in [0.05, 0.1) is 20.8 Å². The number of thiocarbonyl (C=S) groups is 1. The summed E-state index contributed by atoms with van der Waals surface area (Å²) >= 11 is 8.67. The van der Waals surface area contributed by atoms with E-state index >= 15 is 0 Å². The molecule has 29 heavy (non-hydrogen) atoms. The predicted octanol–water partition coefficient (Wildman–Crippen LogP) is 4.56. The van der Waals surface area contributed by atoms with Gasteiger partial charge in [-0.3, -0.25) is 9.69 Å². The number of nitrogens with zero attached hydrogens (tertiary/aromatic N) is 1. The molecule has 3 rings (SSSR count). The molecule has 0 unspecified atom stereocenters. The molecule has 1 amide bonds. The first kappa shape index (κ1) is 21.6. The molecule has 0 saturated carbocycles. The van der Waals surface area contributed by atoms with Gasteiger partial charge in [-0.05, 0) is 65.4 Å². The van der Waals surface area contributed by atoms with Crippen molar-refractivity contribution >= 4 is 74.5 Å². The fourth-order valence-electron chi connectivity index (χ4n) is 2.63. The van der Waals surface area contributed by atoms with Gasteiger partial charge in [0.25, 0.3) is 5.91 Å². The van der Waals surface area contributed by atoms with Gasteiger partial charge in [0.1, 0.15) is 0 Å². The Kier molecular flexibility index (Phi) is 7.14. The third-order valence-corrected chi connectivity index (χ3v) is 5.88. The summed E-state index contributed by atoms with van der Waals surface area (Å²) in [6, 6.07) is 12.8. The van der Waals surface area contributed by atoms with E-state index in [1.165, 1.54) is 16.7 Å². The summed E-state index contributed by atoms with van der Waals surface area (Å²) in [5.41, 5.74) is 1.45. The third kappa shape index (κ3) is 5.09. The van der Waals surface area contributed by atoms with Crippen LogP contribution in [0.4, 0.5) is 5.69 Å². The smallest absolute Gasteiger partial charge is 0.341 e. The average Bonchev–Trinajstić information content (AvgIpc) is 2.95. The van der Waals surface area contributed by atoms with E-state index in [9.17, 15) is 9.59 Å². The lowest BCUT2D eigenvalue weighted by Gasteiger charge is -2.14. The van der Waals surface area contributed by atoms with Crippen LogP contribution in [-0.2, 0) is 9.59 Å². The second-order valence-corrected chi connectivity index (χ2v) is 8.64. The van der Waals surface area contributed by atoms with Gasteiger partial charge in [0.2, 0.25) is 0 Å². The van der Waals surface area contributed by atoms with E-state index in [-0.39, 0.29) is 5.91 Å². The van der Waals surface area contributed by atoms with Gasteiger partial charge in [-0.15, -0.1) is 0 Å². The SMILES string of the molecule is CCOc1cc(/C=C2/SC(=S)N(c3ccccc3)C2=O)cc(I)c1OCC(=O)O. The van der Waals surface area contributed by atoms with Crippen molar-refractivity contribution < 1.29 is 24.2 Å². The molecule has 0 spiro atoms. The molecule has 1 heterocycles. The van der Waals surface area contributed by atoms with E-state index in [0.717, 1.165) is 11.3 Å². The van der Waals surface area contributed by atoms with Crippen molar-refractivity contribution in [3.05, 3.63) is 56.5 Å². The van der Waals surface area contributed by atoms with Gasteiger partial charge in [-0.25, -0.2) is 4.79 Å². The van der Waals surface area contributed by atoms with Crippen LogP contribution in [0.15, 0.2) is 47.4 Å². The van der Waals surface area contributed by atoms with Crippen molar-refractivity contribution in [2.45, 2.75) is 6.92 Å². The topological polar surface area (TPSA) is 76.1 Å². The minimum Gasteiger partial charge on any atom is -0.490 e. The van der Waals surface area contributed by atoms with Gasteiger partial charge in [0, 0.05) is 0 Å². The fraction of sp³-hybridized carbons (Fsp3) is 0.150. The van der Waals surface area contributed by atoms with Gasteiger partial charge < -0.3 is 14.6 Å². The van der Waals surface area contributed by atoms with E-state index in [1.807, 2.05) is 37.3 Å². The molecular weight excluding hydrogens is 525 g/mol. The molecule has 0 radical (unpaired) electrons. The number of carboxylic acid groups (broad SMARTS) is 1. The maximum Gasteiger partial charge on any atom is 0.341 e. The molecule has 1 saturated heterocycles. The van der Waals surface area contributed by atoms with Gasteiger partial charge in [0.15, 0.2) is 22.4 Å². The zero-order valence-electron chi connectivity index (χ0n) is 15.3. The summed E-state index contributed by atoms with van der Waals surface area (Å²) in [5, 5.41) is 8.87. The molecule has 150 valence electrons. The van der Waals surface area contributed by atoms with Crippen LogP contribution in [0, 0.1) is 3.57 Å². The van der Waals surface area contributed by atoms with E-state index < -0.39 is 12.6 Å². The van der Waals surface area contributed by atoms with Crippen molar-refractivity contribution in [3.8, 4) is 11.5 Å². The van der Waals surface area contributed by atoms with Crippen LogP contribution in [0.5, 0.6) is 11.5 Å². The fourth-order valence-corrected chi connectivity index (χ4v) is 4.71. The highest BCUT2D eigenvalue weighted by molar-refractivity contribution is 14.1. The van der Waals surface area contributed by atoms with Gasteiger partial charge >= 0.3 is 5.97 Å². The van der Waals surface area contributed by atoms with Crippen LogP contribution in [0.2, 0.25) is 0 Å². The molecule has 1 N–H and O–H groups in total. The summed E-state index contributed by atoms with van der Waals surface area (Å²) in [6.07, 6.45) is 1.74. The number of aliphatic carboxylic acids is 1. The van der Waals surface area contributed by atoms with Crippen molar-refractivity contribution in [3.63, 3.8) is 0 Å². The van der Waals surface area contributed by atoms with Crippen molar-refractivity contribution in [1.82, 2.24) is 0 Å². The Bertz CT molecular complexity index is 994. The maximum atomic E-state index is 12.9. The van der Waals surface area contributed by atoms with Crippen LogP contribution in [0.3, 0.4) is 0 Å². The monoisotopic (exact) mass is 541 g/mol. The highest BCUT2D eigenvalue weighted by atomic mass is 127. The summed E-state index contributed by atoms with van der Waals surface area (Å²) < 4.78 is 12.1. The summed E-state index contributed by atoms with van der Waals surface area (Å²) in [6.45, 7) is 1.75. The second-order valence-electron chi connectivity index (χ2n) is 5.80. The molecule has 1 aliphatic rings. The minimum absolute atomic E-state index is 0.189. The number of anilines is 1. The number of halogens is 1. The number of amides is 1. The van der Waals surface area contributed by atoms with E-state index in [4.69, 9.17) is 26.8 Å².